The molecule has 110 valence electrons. The first kappa shape index (κ1) is 15.2. The second-order valence-electron chi connectivity index (χ2n) is 4.37. The average molecular weight is 321 g/mol. The maximum atomic E-state index is 12.8. The number of hydrogen-bond donors (Lipinski definition) is 0. The molecule has 0 saturated carbocycles. The molecule has 1 aliphatic rings. The monoisotopic (exact) mass is 320 g/mol. The normalized spacial score (nSPS) is 17.2. The molecule has 0 aromatic heterocycles. The van der Waals surface area contributed by atoms with E-state index in [0.717, 1.165) is 12.1 Å². The molecular formula is C12H14ClFN2O3S. The van der Waals surface area contributed by atoms with Crippen LogP contribution in [0.1, 0.15) is 0 Å². The number of sulfonamides is 1. The molecule has 0 bridgehead atoms. The van der Waals surface area contributed by atoms with Crippen molar-refractivity contribution in [3.8, 4) is 0 Å². The van der Waals surface area contributed by atoms with Crippen LogP contribution in [-0.2, 0) is 14.8 Å². The van der Waals surface area contributed by atoms with E-state index in [2.05, 4.69) is 0 Å². The van der Waals surface area contributed by atoms with E-state index in [1.807, 2.05) is 0 Å². The topological polar surface area (TPSA) is 57.7 Å². The quantitative estimate of drug-likeness (QED) is 0.777. The summed E-state index contributed by atoms with van der Waals surface area (Å²) in [7, 11) is -3.64. The van der Waals surface area contributed by atoms with Crippen LogP contribution in [0.5, 0.6) is 0 Å². The highest BCUT2D eigenvalue weighted by Gasteiger charge is 2.29. The maximum absolute atomic E-state index is 12.8. The van der Waals surface area contributed by atoms with Gasteiger partial charge < -0.3 is 4.90 Å². The van der Waals surface area contributed by atoms with Gasteiger partial charge in [0.15, 0.2) is 0 Å². The summed E-state index contributed by atoms with van der Waals surface area (Å²) in [6.07, 6.45) is 0. The lowest BCUT2D eigenvalue weighted by atomic mass is 10.3. The molecule has 20 heavy (non-hydrogen) atoms. The van der Waals surface area contributed by atoms with Crippen molar-refractivity contribution in [2.45, 2.75) is 4.90 Å². The molecule has 1 heterocycles. The minimum atomic E-state index is -3.64. The Hall–Kier alpha value is -1.18. The fourth-order valence-electron chi connectivity index (χ4n) is 2.02. The Morgan fingerprint density at radius 1 is 1.15 bits per heavy atom. The van der Waals surface area contributed by atoms with E-state index >= 15 is 0 Å². The lowest BCUT2D eigenvalue weighted by Gasteiger charge is -2.33. The Balaban J connectivity index is 2.09. The van der Waals surface area contributed by atoms with E-state index in [1.54, 1.807) is 0 Å². The average Bonchev–Trinajstić information content (AvgIpc) is 2.47. The lowest BCUT2D eigenvalue weighted by Crippen LogP contribution is -2.50. The summed E-state index contributed by atoms with van der Waals surface area (Å²) < 4.78 is 38.8. The van der Waals surface area contributed by atoms with Gasteiger partial charge in [0.25, 0.3) is 0 Å². The molecule has 2 rings (SSSR count). The van der Waals surface area contributed by atoms with Crippen LogP contribution in [0.3, 0.4) is 0 Å². The molecule has 0 N–H and O–H groups in total. The highest BCUT2D eigenvalue weighted by atomic mass is 35.5. The second-order valence-corrected chi connectivity index (χ2v) is 6.58. The predicted octanol–water partition coefficient (Wildman–Crippen LogP) is 0.897. The Morgan fingerprint density at radius 2 is 1.70 bits per heavy atom. The summed E-state index contributed by atoms with van der Waals surface area (Å²) in [6, 6.07) is 4.70. The molecule has 0 atom stereocenters. The van der Waals surface area contributed by atoms with Gasteiger partial charge >= 0.3 is 0 Å². The van der Waals surface area contributed by atoms with Crippen molar-refractivity contribution in [3.05, 3.63) is 30.1 Å². The largest absolute Gasteiger partial charge is 0.339 e. The molecule has 0 unspecified atom stereocenters. The van der Waals surface area contributed by atoms with Crippen molar-refractivity contribution in [1.29, 1.82) is 0 Å². The Labute approximate surface area is 122 Å². The van der Waals surface area contributed by atoms with Crippen molar-refractivity contribution in [2.75, 3.05) is 32.1 Å². The standard InChI is InChI=1S/C12H14ClFN2O3S/c13-9-12(17)15-5-7-16(8-6-15)20(18,19)11-3-1-10(14)2-4-11/h1-4H,5-9H2. The Kier molecular flexibility index (Phi) is 4.62. The predicted molar refractivity (Wildman–Crippen MR) is 72.5 cm³/mol. The van der Waals surface area contributed by atoms with Crippen molar-refractivity contribution in [3.63, 3.8) is 0 Å². The molecule has 1 amide bonds. The smallest absolute Gasteiger partial charge is 0.243 e. The number of nitrogens with zero attached hydrogens (tertiary/aromatic N) is 2. The van der Waals surface area contributed by atoms with Gasteiger partial charge in [0.2, 0.25) is 15.9 Å². The summed E-state index contributed by atoms with van der Waals surface area (Å²) in [4.78, 5) is 13.0. The van der Waals surface area contributed by atoms with E-state index in [0.29, 0.717) is 13.1 Å². The van der Waals surface area contributed by atoms with Gasteiger partial charge in [-0.3, -0.25) is 4.79 Å². The number of rotatable bonds is 3. The van der Waals surface area contributed by atoms with Gasteiger partial charge in [-0.2, -0.15) is 4.31 Å². The van der Waals surface area contributed by atoms with Gasteiger partial charge in [-0.15, -0.1) is 11.6 Å². The number of hydrogen-bond acceptors (Lipinski definition) is 3. The van der Waals surface area contributed by atoms with Gasteiger partial charge in [0.1, 0.15) is 11.7 Å². The first-order chi connectivity index (χ1) is 9.45. The number of halogens is 2. The van der Waals surface area contributed by atoms with Gasteiger partial charge in [0.05, 0.1) is 4.90 Å². The third-order valence-corrected chi connectivity index (χ3v) is 5.30. The first-order valence-electron chi connectivity index (χ1n) is 6.04. The van der Waals surface area contributed by atoms with Crippen molar-refractivity contribution in [1.82, 2.24) is 9.21 Å². The molecule has 8 heteroatoms. The zero-order valence-corrected chi connectivity index (χ0v) is 12.2. The van der Waals surface area contributed by atoms with Crippen LogP contribution >= 0.6 is 11.6 Å². The fourth-order valence-corrected chi connectivity index (χ4v) is 3.61. The van der Waals surface area contributed by atoms with Crippen LogP contribution in [0.15, 0.2) is 29.2 Å². The van der Waals surface area contributed by atoms with E-state index in [-0.39, 0.29) is 29.8 Å². The van der Waals surface area contributed by atoms with Crippen molar-refractivity contribution < 1.29 is 17.6 Å². The summed E-state index contributed by atoms with van der Waals surface area (Å²) in [5.41, 5.74) is 0. The maximum Gasteiger partial charge on any atom is 0.243 e. The van der Waals surface area contributed by atoms with Gasteiger partial charge in [-0.05, 0) is 24.3 Å². The number of carbonyl (C=O) groups is 1. The minimum Gasteiger partial charge on any atom is -0.339 e. The van der Waals surface area contributed by atoms with Crippen LogP contribution in [0, 0.1) is 5.82 Å². The third-order valence-electron chi connectivity index (χ3n) is 3.16. The number of benzene rings is 1. The molecule has 1 fully saturated rings. The van der Waals surface area contributed by atoms with Gasteiger partial charge in [-0.1, -0.05) is 0 Å². The van der Waals surface area contributed by atoms with Crippen LogP contribution < -0.4 is 0 Å². The molecule has 0 spiro atoms. The highest BCUT2D eigenvalue weighted by Crippen LogP contribution is 2.18. The first-order valence-corrected chi connectivity index (χ1v) is 8.02. The Bertz CT molecular complexity index is 583. The van der Waals surface area contributed by atoms with E-state index in [9.17, 15) is 17.6 Å². The fraction of sp³-hybridized carbons (Fsp3) is 0.417. The molecule has 1 aromatic carbocycles. The van der Waals surface area contributed by atoms with Crippen LogP contribution in [0.25, 0.3) is 0 Å². The van der Waals surface area contributed by atoms with Crippen LogP contribution in [0.4, 0.5) is 4.39 Å². The van der Waals surface area contributed by atoms with Gasteiger partial charge in [0, 0.05) is 26.2 Å². The summed E-state index contributed by atoms with van der Waals surface area (Å²) >= 11 is 5.46. The second kappa shape index (κ2) is 6.07. The summed E-state index contributed by atoms with van der Waals surface area (Å²) in [5, 5.41) is 0. The zero-order valence-electron chi connectivity index (χ0n) is 10.6. The van der Waals surface area contributed by atoms with Crippen molar-refractivity contribution in [2.24, 2.45) is 0 Å². The number of piperazine rings is 1. The van der Waals surface area contributed by atoms with E-state index in [1.165, 1.54) is 21.3 Å². The zero-order chi connectivity index (χ0) is 14.8. The number of carbonyl (C=O) groups excluding carboxylic acids is 1. The minimum absolute atomic E-state index is 0.0519. The molecule has 1 saturated heterocycles. The van der Waals surface area contributed by atoms with Crippen molar-refractivity contribution >= 4 is 27.5 Å². The van der Waals surface area contributed by atoms with E-state index in [4.69, 9.17) is 11.6 Å². The molecule has 5 nitrogen and oxygen atoms in total. The molecular weight excluding hydrogens is 307 g/mol. The highest BCUT2D eigenvalue weighted by molar-refractivity contribution is 7.89. The molecule has 1 aliphatic heterocycles. The molecule has 0 radical (unpaired) electrons. The van der Waals surface area contributed by atoms with Crippen LogP contribution in [0.2, 0.25) is 0 Å². The van der Waals surface area contributed by atoms with E-state index < -0.39 is 15.8 Å². The third kappa shape index (κ3) is 3.11. The molecule has 0 aliphatic carbocycles. The molecule has 1 aromatic rings. The number of alkyl halides is 1. The van der Waals surface area contributed by atoms with Gasteiger partial charge in [-0.25, -0.2) is 12.8 Å². The summed E-state index contributed by atoms with van der Waals surface area (Å²) in [6.45, 7) is 1.04. The SMILES string of the molecule is O=C(CCl)N1CCN(S(=O)(=O)c2ccc(F)cc2)CC1. The number of amides is 1. The Morgan fingerprint density at radius 3 is 2.20 bits per heavy atom. The summed E-state index contributed by atoms with van der Waals surface area (Å²) in [5.74, 6) is -0.794. The lowest BCUT2D eigenvalue weighted by molar-refractivity contribution is -0.129. The van der Waals surface area contributed by atoms with Crippen LogP contribution in [-0.4, -0.2) is 55.6 Å².